The highest BCUT2D eigenvalue weighted by molar-refractivity contribution is 7.98. The van der Waals surface area contributed by atoms with E-state index in [1.54, 1.807) is 23.1 Å². The number of hydrogen-bond acceptors (Lipinski definition) is 5. The summed E-state index contributed by atoms with van der Waals surface area (Å²) in [5.41, 5.74) is 0.504. The third-order valence-corrected chi connectivity index (χ3v) is 5.96. The first kappa shape index (κ1) is 19.4. The van der Waals surface area contributed by atoms with E-state index in [2.05, 4.69) is 9.97 Å². The number of carboxylic acids is 1. The molecule has 7 nitrogen and oxygen atoms in total. The van der Waals surface area contributed by atoms with Crippen LogP contribution in [0.4, 0.5) is 0 Å². The summed E-state index contributed by atoms with van der Waals surface area (Å²) in [6, 6.07) is 6.91. The van der Waals surface area contributed by atoms with Crippen molar-refractivity contribution in [2.24, 2.45) is 5.92 Å². The van der Waals surface area contributed by atoms with Gasteiger partial charge in [-0.05, 0) is 31.9 Å². The molecule has 8 heteroatoms. The van der Waals surface area contributed by atoms with Crippen LogP contribution in [0.3, 0.4) is 0 Å². The van der Waals surface area contributed by atoms with E-state index in [1.165, 1.54) is 11.8 Å². The standard InChI is InChI=1S/C19H23N3O4S/c1-12-13(19(25)26)6-4-9-22(12)17(23)8-10-27-11-16-20-15-7-3-2-5-14(15)18(24)21-16/h2-3,5,7,12-13H,4,6,8-11H2,1H3,(H,25,26)(H,20,21,24)/t12-,13-/m1/s1. The number of carboxylic acid groups (broad SMARTS) is 1. The lowest BCUT2D eigenvalue weighted by molar-refractivity contribution is -0.148. The minimum atomic E-state index is -0.833. The zero-order valence-electron chi connectivity index (χ0n) is 15.2. The molecule has 144 valence electrons. The number of H-pyrrole nitrogens is 1. The van der Waals surface area contributed by atoms with Gasteiger partial charge in [0, 0.05) is 24.8 Å². The molecule has 1 aliphatic heterocycles. The average Bonchev–Trinajstić information content (AvgIpc) is 2.65. The number of aliphatic carboxylic acids is 1. The minimum absolute atomic E-state index is 0.0130. The zero-order chi connectivity index (χ0) is 19.4. The summed E-state index contributed by atoms with van der Waals surface area (Å²) in [4.78, 5) is 44.7. The number of rotatable bonds is 6. The number of carbonyl (C=O) groups is 2. The van der Waals surface area contributed by atoms with Gasteiger partial charge in [-0.3, -0.25) is 14.4 Å². The van der Waals surface area contributed by atoms with Gasteiger partial charge in [-0.1, -0.05) is 12.1 Å². The second-order valence-electron chi connectivity index (χ2n) is 6.75. The van der Waals surface area contributed by atoms with Crippen LogP contribution in [0, 0.1) is 5.92 Å². The molecule has 2 N–H and O–H groups in total. The number of hydrogen-bond donors (Lipinski definition) is 2. The first-order chi connectivity index (χ1) is 13.0. The predicted octanol–water partition coefficient (Wildman–Crippen LogP) is 2.26. The van der Waals surface area contributed by atoms with Gasteiger partial charge < -0.3 is 15.0 Å². The normalized spacial score (nSPS) is 20.0. The van der Waals surface area contributed by atoms with E-state index < -0.39 is 11.9 Å². The number of benzene rings is 1. The monoisotopic (exact) mass is 389 g/mol. The van der Waals surface area contributed by atoms with Gasteiger partial charge in [0.15, 0.2) is 0 Å². The molecule has 0 spiro atoms. The van der Waals surface area contributed by atoms with Crippen molar-refractivity contribution in [3.8, 4) is 0 Å². The molecule has 0 radical (unpaired) electrons. The molecule has 0 aliphatic carbocycles. The van der Waals surface area contributed by atoms with Gasteiger partial charge in [0.25, 0.3) is 5.56 Å². The van der Waals surface area contributed by atoms with Crippen molar-refractivity contribution in [2.45, 2.75) is 38.0 Å². The Morgan fingerprint density at radius 2 is 2.15 bits per heavy atom. The number of aromatic amines is 1. The molecule has 3 rings (SSSR count). The molecule has 0 unspecified atom stereocenters. The largest absolute Gasteiger partial charge is 0.481 e. The Bertz CT molecular complexity index is 898. The number of likely N-dealkylation sites (tertiary alicyclic amines) is 1. The highest BCUT2D eigenvalue weighted by Crippen LogP contribution is 2.25. The fraction of sp³-hybridized carbons (Fsp3) is 0.474. The molecule has 1 saturated heterocycles. The van der Waals surface area contributed by atoms with Crippen LogP contribution in [0.25, 0.3) is 10.9 Å². The lowest BCUT2D eigenvalue weighted by Gasteiger charge is -2.37. The third-order valence-electron chi connectivity index (χ3n) is 4.99. The summed E-state index contributed by atoms with van der Waals surface area (Å²) in [5, 5.41) is 9.83. The molecule has 0 bridgehead atoms. The fourth-order valence-electron chi connectivity index (χ4n) is 3.50. The topological polar surface area (TPSA) is 103 Å². The maximum atomic E-state index is 12.5. The van der Waals surface area contributed by atoms with Crippen LogP contribution in [0.2, 0.25) is 0 Å². The molecule has 2 aromatic rings. The van der Waals surface area contributed by atoms with E-state index in [0.717, 1.165) is 6.42 Å². The fourth-order valence-corrected chi connectivity index (χ4v) is 4.29. The maximum Gasteiger partial charge on any atom is 0.308 e. The van der Waals surface area contributed by atoms with E-state index in [-0.39, 0.29) is 17.5 Å². The van der Waals surface area contributed by atoms with Gasteiger partial charge >= 0.3 is 5.97 Å². The highest BCUT2D eigenvalue weighted by atomic mass is 32.2. The van der Waals surface area contributed by atoms with Crippen molar-refractivity contribution in [3.05, 3.63) is 40.4 Å². The molecule has 1 aromatic carbocycles. The van der Waals surface area contributed by atoms with Gasteiger partial charge in [-0.15, -0.1) is 0 Å². The van der Waals surface area contributed by atoms with E-state index >= 15 is 0 Å². The molecule has 1 fully saturated rings. The average molecular weight is 389 g/mol. The van der Waals surface area contributed by atoms with Crippen LogP contribution < -0.4 is 5.56 Å². The Labute approximate surface area is 161 Å². The first-order valence-electron chi connectivity index (χ1n) is 9.05. The van der Waals surface area contributed by atoms with Crippen molar-refractivity contribution < 1.29 is 14.7 Å². The molecular formula is C19H23N3O4S. The first-order valence-corrected chi connectivity index (χ1v) is 10.2. The van der Waals surface area contributed by atoms with Gasteiger partial charge in [-0.25, -0.2) is 4.98 Å². The van der Waals surface area contributed by atoms with Crippen LogP contribution in [0.5, 0.6) is 0 Å². The number of fused-ring (bicyclic) bond motifs is 1. The summed E-state index contributed by atoms with van der Waals surface area (Å²) in [6.45, 7) is 2.43. The number of amides is 1. The van der Waals surface area contributed by atoms with E-state index in [9.17, 15) is 19.5 Å². The molecule has 1 amide bonds. The van der Waals surface area contributed by atoms with Crippen LogP contribution in [-0.2, 0) is 15.3 Å². The number of nitrogens with zero attached hydrogens (tertiary/aromatic N) is 2. The summed E-state index contributed by atoms with van der Waals surface area (Å²) in [5.74, 6) is 0.369. The van der Waals surface area contributed by atoms with Crippen LogP contribution in [0.15, 0.2) is 29.1 Å². The smallest absolute Gasteiger partial charge is 0.308 e. The van der Waals surface area contributed by atoms with Crippen LogP contribution in [0.1, 0.15) is 32.0 Å². The zero-order valence-corrected chi connectivity index (χ0v) is 16.0. The number of carbonyl (C=O) groups excluding carboxylic acids is 1. The highest BCUT2D eigenvalue weighted by Gasteiger charge is 2.34. The minimum Gasteiger partial charge on any atom is -0.481 e. The molecule has 0 saturated carbocycles. The van der Waals surface area contributed by atoms with Gasteiger partial charge in [0.1, 0.15) is 5.82 Å². The molecular weight excluding hydrogens is 366 g/mol. The van der Waals surface area contributed by atoms with Crippen molar-refractivity contribution >= 4 is 34.5 Å². The Balaban J connectivity index is 1.52. The number of thioether (sulfide) groups is 1. The van der Waals surface area contributed by atoms with Crippen molar-refractivity contribution in [1.82, 2.24) is 14.9 Å². The predicted molar refractivity (Wildman–Crippen MR) is 105 cm³/mol. The van der Waals surface area contributed by atoms with Crippen LogP contribution in [-0.4, -0.2) is 50.2 Å². The Morgan fingerprint density at radius 1 is 1.37 bits per heavy atom. The molecule has 27 heavy (non-hydrogen) atoms. The van der Waals surface area contributed by atoms with Crippen molar-refractivity contribution in [3.63, 3.8) is 0 Å². The molecule has 2 atom stereocenters. The number of para-hydroxylation sites is 1. The molecule has 1 aromatic heterocycles. The van der Waals surface area contributed by atoms with E-state index in [4.69, 9.17) is 0 Å². The van der Waals surface area contributed by atoms with Gasteiger partial charge in [-0.2, -0.15) is 11.8 Å². The quantitative estimate of drug-likeness (QED) is 0.735. The third kappa shape index (κ3) is 4.50. The lowest BCUT2D eigenvalue weighted by Crippen LogP contribution is -2.49. The summed E-state index contributed by atoms with van der Waals surface area (Å²) >= 11 is 1.53. The van der Waals surface area contributed by atoms with Crippen molar-refractivity contribution in [1.29, 1.82) is 0 Å². The SMILES string of the molecule is C[C@@H]1[C@H](C(=O)O)CCCN1C(=O)CCSCc1nc2ccccc2c(=O)[nH]1. The van der Waals surface area contributed by atoms with Crippen LogP contribution >= 0.6 is 11.8 Å². The number of aromatic nitrogens is 2. The van der Waals surface area contributed by atoms with Gasteiger partial charge in [0.2, 0.25) is 5.91 Å². The second kappa shape index (κ2) is 8.56. The summed E-state index contributed by atoms with van der Waals surface area (Å²) < 4.78 is 0. The molecule has 1 aliphatic rings. The lowest BCUT2D eigenvalue weighted by atomic mass is 9.90. The van der Waals surface area contributed by atoms with Gasteiger partial charge in [0.05, 0.1) is 22.6 Å². The number of nitrogens with one attached hydrogen (secondary N) is 1. The number of piperidine rings is 1. The Hall–Kier alpha value is -2.35. The summed E-state index contributed by atoms with van der Waals surface area (Å²) in [7, 11) is 0. The Morgan fingerprint density at radius 3 is 2.93 bits per heavy atom. The Kier molecular flexibility index (Phi) is 6.15. The van der Waals surface area contributed by atoms with Crippen molar-refractivity contribution in [2.75, 3.05) is 12.3 Å². The maximum absolute atomic E-state index is 12.5. The van der Waals surface area contributed by atoms with E-state index in [1.807, 2.05) is 13.0 Å². The van der Waals surface area contributed by atoms with E-state index in [0.29, 0.717) is 47.6 Å². The summed E-state index contributed by atoms with van der Waals surface area (Å²) in [6.07, 6.45) is 1.69. The molecule has 2 heterocycles. The second-order valence-corrected chi connectivity index (χ2v) is 7.85.